The van der Waals surface area contributed by atoms with Gasteiger partial charge in [0.1, 0.15) is 0 Å². The van der Waals surface area contributed by atoms with Gasteiger partial charge in [0.05, 0.1) is 4.90 Å². The van der Waals surface area contributed by atoms with E-state index in [1.165, 1.54) is 12.1 Å². The zero-order chi connectivity index (χ0) is 18.5. The molecule has 26 heavy (non-hydrogen) atoms. The Bertz CT molecular complexity index is 835. The number of rotatable bonds is 8. The van der Waals surface area contributed by atoms with Crippen LogP contribution >= 0.6 is 12.4 Å². The van der Waals surface area contributed by atoms with Gasteiger partial charge in [-0.05, 0) is 25.0 Å². The van der Waals surface area contributed by atoms with Gasteiger partial charge < -0.3 is 5.73 Å². The largest absolute Gasteiger partial charge is 0.324 e. The van der Waals surface area contributed by atoms with E-state index in [0.29, 0.717) is 18.4 Å². The van der Waals surface area contributed by atoms with E-state index in [0.717, 1.165) is 0 Å². The zero-order valence-corrected chi connectivity index (χ0v) is 16.6. The van der Waals surface area contributed by atoms with Gasteiger partial charge in [-0.2, -0.15) is 0 Å². The molecule has 7 heteroatoms. The minimum atomic E-state index is -3.85. The van der Waals surface area contributed by atoms with E-state index in [-0.39, 0.29) is 35.2 Å². The second kappa shape index (κ2) is 9.28. The Morgan fingerprint density at radius 2 is 1.54 bits per heavy atom. The van der Waals surface area contributed by atoms with Crippen LogP contribution in [0.4, 0.5) is 0 Å². The number of hydrogen-bond donors (Lipinski definition) is 2. The number of hydrogen-bond acceptors (Lipinski definition) is 4. The number of sulfonamides is 1. The van der Waals surface area contributed by atoms with Crippen molar-refractivity contribution in [3.05, 3.63) is 65.7 Å². The molecule has 0 unspecified atom stereocenters. The summed E-state index contributed by atoms with van der Waals surface area (Å²) in [6.07, 6.45) is 1.30. The first-order valence-corrected chi connectivity index (χ1v) is 9.78. The standard InChI is InChI=1S/C19H24N2O3S.ClH/c1-3-19(20,4-2)14-21-25(23,24)17-13-9-8-12-16(17)18(22)15-10-6-5-7-11-15;/h5-13,21H,3-4,14,20H2,1-2H3;1H. The van der Waals surface area contributed by atoms with Crippen molar-refractivity contribution < 1.29 is 13.2 Å². The van der Waals surface area contributed by atoms with Crippen LogP contribution in [0.15, 0.2) is 59.5 Å². The van der Waals surface area contributed by atoms with Crippen molar-refractivity contribution in [3.63, 3.8) is 0 Å². The molecule has 142 valence electrons. The average molecular weight is 397 g/mol. The first-order valence-electron chi connectivity index (χ1n) is 8.30. The molecule has 2 aromatic rings. The molecule has 0 aliphatic rings. The second-order valence-electron chi connectivity index (χ2n) is 6.09. The summed E-state index contributed by atoms with van der Waals surface area (Å²) in [7, 11) is -3.85. The van der Waals surface area contributed by atoms with E-state index in [1.54, 1.807) is 42.5 Å². The number of nitrogens with two attached hydrogens (primary N) is 1. The van der Waals surface area contributed by atoms with Gasteiger partial charge in [0.2, 0.25) is 10.0 Å². The summed E-state index contributed by atoms with van der Waals surface area (Å²) >= 11 is 0. The fourth-order valence-electron chi connectivity index (χ4n) is 2.45. The Morgan fingerprint density at radius 3 is 2.12 bits per heavy atom. The van der Waals surface area contributed by atoms with Gasteiger partial charge in [-0.1, -0.05) is 56.3 Å². The Hall–Kier alpha value is -1.73. The molecule has 0 aliphatic carbocycles. The summed E-state index contributed by atoms with van der Waals surface area (Å²) < 4.78 is 28.1. The summed E-state index contributed by atoms with van der Waals surface area (Å²) in [6.45, 7) is 3.96. The van der Waals surface area contributed by atoms with Crippen molar-refractivity contribution in [1.29, 1.82) is 0 Å². The van der Waals surface area contributed by atoms with Crippen LogP contribution in [-0.4, -0.2) is 26.3 Å². The summed E-state index contributed by atoms with van der Waals surface area (Å²) in [5, 5.41) is 0. The van der Waals surface area contributed by atoms with Gasteiger partial charge in [-0.15, -0.1) is 12.4 Å². The molecule has 0 spiro atoms. The summed E-state index contributed by atoms with van der Waals surface area (Å²) in [5.41, 5.74) is 6.17. The molecule has 5 nitrogen and oxygen atoms in total. The molecular formula is C19H25ClN2O3S. The summed E-state index contributed by atoms with van der Waals surface area (Å²) in [6, 6.07) is 14.8. The van der Waals surface area contributed by atoms with Crippen molar-refractivity contribution in [3.8, 4) is 0 Å². The molecule has 2 rings (SSSR count). The van der Waals surface area contributed by atoms with Crippen LogP contribution in [0.5, 0.6) is 0 Å². The first-order chi connectivity index (χ1) is 11.8. The fraction of sp³-hybridized carbons (Fsp3) is 0.316. The summed E-state index contributed by atoms with van der Waals surface area (Å²) in [4.78, 5) is 12.7. The van der Waals surface area contributed by atoms with Crippen LogP contribution in [0.3, 0.4) is 0 Å². The molecule has 2 aromatic carbocycles. The van der Waals surface area contributed by atoms with E-state index in [9.17, 15) is 13.2 Å². The maximum atomic E-state index is 12.7. The van der Waals surface area contributed by atoms with Crippen LogP contribution in [0.2, 0.25) is 0 Å². The number of nitrogens with one attached hydrogen (secondary N) is 1. The second-order valence-corrected chi connectivity index (χ2v) is 7.82. The van der Waals surface area contributed by atoms with E-state index >= 15 is 0 Å². The van der Waals surface area contributed by atoms with E-state index < -0.39 is 15.6 Å². The monoisotopic (exact) mass is 396 g/mol. The minimum absolute atomic E-state index is 0. The lowest BCUT2D eigenvalue weighted by Crippen LogP contribution is -2.49. The maximum Gasteiger partial charge on any atom is 0.241 e. The van der Waals surface area contributed by atoms with Crippen molar-refractivity contribution in [2.24, 2.45) is 5.73 Å². The van der Waals surface area contributed by atoms with Gasteiger partial charge in [-0.25, -0.2) is 13.1 Å². The number of carbonyl (C=O) groups is 1. The van der Waals surface area contributed by atoms with E-state index in [1.807, 2.05) is 13.8 Å². The molecule has 0 amide bonds. The Balaban J connectivity index is 0.00000338. The van der Waals surface area contributed by atoms with Gasteiger partial charge >= 0.3 is 0 Å². The van der Waals surface area contributed by atoms with Crippen LogP contribution in [0.1, 0.15) is 42.6 Å². The number of benzene rings is 2. The molecule has 0 aromatic heterocycles. The van der Waals surface area contributed by atoms with Gasteiger partial charge in [0, 0.05) is 23.2 Å². The molecule has 0 fully saturated rings. The van der Waals surface area contributed by atoms with Crippen molar-refractivity contribution in [2.45, 2.75) is 37.1 Å². The van der Waals surface area contributed by atoms with Crippen LogP contribution in [0, 0.1) is 0 Å². The van der Waals surface area contributed by atoms with Gasteiger partial charge in [-0.3, -0.25) is 4.79 Å². The van der Waals surface area contributed by atoms with Gasteiger partial charge in [0.15, 0.2) is 5.78 Å². The third-order valence-electron chi connectivity index (χ3n) is 4.48. The quantitative estimate of drug-likeness (QED) is 0.671. The molecule has 0 heterocycles. The highest BCUT2D eigenvalue weighted by atomic mass is 35.5. The molecule has 0 aliphatic heterocycles. The predicted molar refractivity (Wildman–Crippen MR) is 106 cm³/mol. The fourth-order valence-corrected chi connectivity index (χ4v) is 3.79. The number of halogens is 1. The van der Waals surface area contributed by atoms with Crippen LogP contribution in [-0.2, 0) is 10.0 Å². The third-order valence-corrected chi connectivity index (χ3v) is 5.94. The van der Waals surface area contributed by atoms with Crippen molar-refractivity contribution in [2.75, 3.05) is 6.54 Å². The van der Waals surface area contributed by atoms with Crippen LogP contribution < -0.4 is 10.5 Å². The minimum Gasteiger partial charge on any atom is -0.324 e. The van der Waals surface area contributed by atoms with Crippen molar-refractivity contribution in [1.82, 2.24) is 4.72 Å². The number of ketones is 1. The smallest absolute Gasteiger partial charge is 0.241 e. The zero-order valence-electron chi connectivity index (χ0n) is 14.9. The molecular weight excluding hydrogens is 372 g/mol. The molecule has 0 bridgehead atoms. The topological polar surface area (TPSA) is 89.3 Å². The van der Waals surface area contributed by atoms with Crippen molar-refractivity contribution >= 4 is 28.2 Å². The highest BCUT2D eigenvalue weighted by Crippen LogP contribution is 2.20. The van der Waals surface area contributed by atoms with Crippen LogP contribution in [0.25, 0.3) is 0 Å². The Kier molecular flexibility index (Phi) is 7.96. The van der Waals surface area contributed by atoms with Gasteiger partial charge in [0.25, 0.3) is 0 Å². The summed E-state index contributed by atoms with van der Waals surface area (Å²) in [5.74, 6) is -0.327. The molecule has 0 saturated carbocycles. The highest BCUT2D eigenvalue weighted by Gasteiger charge is 2.27. The lowest BCUT2D eigenvalue weighted by Gasteiger charge is -2.26. The predicted octanol–water partition coefficient (Wildman–Crippen LogP) is 3.14. The molecule has 0 saturated heterocycles. The number of carbonyl (C=O) groups excluding carboxylic acids is 1. The first kappa shape index (κ1) is 22.3. The molecule has 3 N–H and O–H groups in total. The molecule has 0 radical (unpaired) electrons. The average Bonchev–Trinajstić information content (AvgIpc) is 2.66. The third kappa shape index (κ3) is 5.14. The van der Waals surface area contributed by atoms with E-state index in [4.69, 9.17) is 5.73 Å². The van der Waals surface area contributed by atoms with E-state index in [2.05, 4.69) is 4.72 Å². The highest BCUT2D eigenvalue weighted by molar-refractivity contribution is 7.89. The Labute approximate surface area is 161 Å². The SMILES string of the molecule is CCC(N)(CC)CNS(=O)(=O)c1ccccc1C(=O)c1ccccc1.Cl. The maximum absolute atomic E-state index is 12.7. The lowest BCUT2D eigenvalue weighted by molar-refractivity contribution is 0.103. The molecule has 0 atom stereocenters. The Morgan fingerprint density at radius 1 is 1.00 bits per heavy atom. The normalized spacial score (nSPS) is 11.7. The lowest BCUT2D eigenvalue weighted by atomic mass is 9.95.